The summed E-state index contributed by atoms with van der Waals surface area (Å²) >= 11 is 0. The molecule has 6 heteroatoms. The maximum atomic E-state index is 12.5. The average Bonchev–Trinajstić information content (AvgIpc) is 2.58. The van der Waals surface area contributed by atoms with Crippen LogP contribution >= 0.6 is 0 Å². The van der Waals surface area contributed by atoms with Crippen molar-refractivity contribution in [1.29, 1.82) is 0 Å². The minimum Gasteiger partial charge on any atom is -0.483 e. The fraction of sp³-hybridized carbons (Fsp3) is 0.579. The third-order valence-electron chi connectivity index (χ3n) is 3.72. The van der Waals surface area contributed by atoms with E-state index in [1.165, 1.54) is 0 Å². The predicted molar refractivity (Wildman–Crippen MR) is 95.7 cm³/mol. The monoisotopic (exact) mass is 351 g/mol. The first kappa shape index (κ1) is 21.0. The molecule has 0 fully saturated rings. The van der Waals surface area contributed by atoms with Crippen LogP contribution in [0.2, 0.25) is 0 Å². The highest BCUT2D eigenvalue weighted by Gasteiger charge is 2.16. The van der Waals surface area contributed by atoms with E-state index in [0.29, 0.717) is 38.5 Å². The van der Waals surface area contributed by atoms with Crippen molar-refractivity contribution in [3.63, 3.8) is 0 Å². The minimum atomic E-state index is -0.303. The standard InChI is InChI=1S/C19H29NO5/c1-5-24-19(22)9-11-20(10-6-12-23-4)18(21)14-25-17-13-15(2)7-8-16(17)3/h7-8,13H,5-6,9-12,14H2,1-4H3. The normalized spacial score (nSPS) is 10.4. The molecule has 1 rings (SSSR count). The van der Waals surface area contributed by atoms with Crippen molar-refractivity contribution in [1.82, 2.24) is 4.90 Å². The smallest absolute Gasteiger partial charge is 0.307 e. The van der Waals surface area contributed by atoms with Crippen LogP contribution in [0.4, 0.5) is 0 Å². The van der Waals surface area contributed by atoms with Crippen LogP contribution < -0.4 is 4.74 Å². The van der Waals surface area contributed by atoms with Gasteiger partial charge in [0.25, 0.3) is 5.91 Å². The van der Waals surface area contributed by atoms with E-state index in [9.17, 15) is 9.59 Å². The molecule has 0 aliphatic rings. The minimum absolute atomic E-state index is 0.0555. The van der Waals surface area contributed by atoms with Crippen LogP contribution in [0.1, 0.15) is 30.9 Å². The highest BCUT2D eigenvalue weighted by Crippen LogP contribution is 2.19. The molecule has 0 atom stereocenters. The summed E-state index contributed by atoms with van der Waals surface area (Å²) < 4.78 is 15.6. The Labute approximate surface area is 150 Å². The number of carbonyl (C=O) groups is 2. The number of hydrogen-bond acceptors (Lipinski definition) is 5. The Balaban J connectivity index is 2.60. The van der Waals surface area contributed by atoms with Gasteiger partial charge in [0.15, 0.2) is 6.61 Å². The fourth-order valence-electron chi connectivity index (χ4n) is 2.31. The van der Waals surface area contributed by atoms with Gasteiger partial charge in [-0.2, -0.15) is 0 Å². The van der Waals surface area contributed by atoms with Crippen LogP contribution in [0.15, 0.2) is 18.2 Å². The lowest BCUT2D eigenvalue weighted by molar-refractivity contribution is -0.144. The summed E-state index contributed by atoms with van der Waals surface area (Å²) in [4.78, 5) is 25.7. The topological polar surface area (TPSA) is 65.1 Å². The zero-order chi connectivity index (χ0) is 18.7. The highest BCUT2D eigenvalue weighted by molar-refractivity contribution is 5.78. The summed E-state index contributed by atoms with van der Waals surface area (Å²) in [5.41, 5.74) is 2.06. The van der Waals surface area contributed by atoms with E-state index in [2.05, 4.69) is 0 Å². The van der Waals surface area contributed by atoms with E-state index in [4.69, 9.17) is 14.2 Å². The van der Waals surface area contributed by atoms with Crippen molar-refractivity contribution >= 4 is 11.9 Å². The van der Waals surface area contributed by atoms with Crippen molar-refractivity contribution in [2.75, 3.05) is 40.0 Å². The Bertz CT molecular complexity index is 559. The molecule has 0 heterocycles. The van der Waals surface area contributed by atoms with E-state index in [1.807, 2.05) is 32.0 Å². The Kier molecular flexibility index (Phi) is 9.62. The molecule has 0 bridgehead atoms. The molecule has 1 aromatic rings. The number of esters is 1. The molecular weight excluding hydrogens is 322 g/mol. The summed E-state index contributed by atoms with van der Waals surface area (Å²) in [6.07, 6.45) is 0.880. The van der Waals surface area contributed by atoms with Gasteiger partial charge >= 0.3 is 5.97 Å². The molecule has 0 aromatic heterocycles. The van der Waals surface area contributed by atoms with Crippen LogP contribution in [0.3, 0.4) is 0 Å². The van der Waals surface area contributed by atoms with Gasteiger partial charge in [0, 0.05) is 26.8 Å². The SMILES string of the molecule is CCOC(=O)CCN(CCCOC)C(=O)COc1cc(C)ccc1C. The third-order valence-corrected chi connectivity index (χ3v) is 3.72. The van der Waals surface area contributed by atoms with Crippen molar-refractivity contribution in [3.05, 3.63) is 29.3 Å². The van der Waals surface area contributed by atoms with E-state index in [-0.39, 0.29) is 24.9 Å². The highest BCUT2D eigenvalue weighted by atomic mass is 16.5. The van der Waals surface area contributed by atoms with E-state index in [0.717, 1.165) is 11.1 Å². The van der Waals surface area contributed by atoms with Gasteiger partial charge in [-0.15, -0.1) is 0 Å². The Morgan fingerprint density at radius 2 is 1.92 bits per heavy atom. The summed E-state index contributed by atoms with van der Waals surface area (Å²) in [5.74, 6) is 0.249. The molecule has 1 amide bonds. The van der Waals surface area contributed by atoms with Crippen LogP contribution in [0.25, 0.3) is 0 Å². The molecule has 0 unspecified atom stereocenters. The van der Waals surface area contributed by atoms with E-state index >= 15 is 0 Å². The van der Waals surface area contributed by atoms with Crippen LogP contribution in [0.5, 0.6) is 5.75 Å². The quantitative estimate of drug-likeness (QED) is 0.453. The van der Waals surface area contributed by atoms with E-state index in [1.54, 1.807) is 18.9 Å². The van der Waals surface area contributed by atoms with Crippen LogP contribution in [0, 0.1) is 13.8 Å². The molecule has 0 radical (unpaired) electrons. The number of amides is 1. The van der Waals surface area contributed by atoms with Gasteiger partial charge in [-0.05, 0) is 44.4 Å². The molecule has 0 N–H and O–H groups in total. The van der Waals surface area contributed by atoms with Crippen LogP contribution in [-0.2, 0) is 19.1 Å². The van der Waals surface area contributed by atoms with Gasteiger partial charge < -0.3 is 19.1 Å². The van der Waals surface area contributed by atoms with Gasteiger partial charge in [-0.25, -0.2) is 0 Å². The maximum Gasteiger partial charge on any atom is 0.307 e. The number of rotatable bonds is 11. The molecule has 6 nitrogen and oxygen atoms in total. The van der Waals surface area contributed by atoms with Gasteiger partial charge in [0.2, 0.25) is 0 Å². The molecule has 0 spiro atoms. The Morgan fingerprint density at radius 3 is 2.60 bits per heavy atom. The van der Waals surface area contributed by atoms with Gasteiger partial charge in [0.05, 0.1) is 13.0 Å². The van der Waals surface area contributed by atoms with Crippen molar-refractivity contribution in [3.8, 4) is 5.75 Å². The lowest BCUT2D eigenvalue weighted by atomic mass is 10.1. The first-order valence-corrected chi connectivity index (χ1v) is 8.60. The summed E-state index contributed by atoms with van der Waals surface area (Å²) in [5, 5.41) is 0. The summed E-state index contributed by atoms with van der Waals surface area (Å²) in [7, 11) is 1.62. The fourth-order valence-corrected chi connectivity index (χ4v) is 2.31. The molecular formula is C19H29NO5. The number of methoxy groups -OCH3 is 1. The van der Waals surface area contributed by atoms with Gasteiger partial charge in [-0.3, -0.25) is 9.59 Å². The molecule has 1 aromatic carbocycles. The lowest BCUT2D eigenvalue weighted by Gasteiger charge is -2.22. The van der Waals surface area contributed by atoms with Crippen LogP contribution in [-0.4, -0.2) is 56.8 Å². The lowest BCUT2D eigenvalue weighted by Crippen LogP contribution is -2.37. The summed E-state index contributed by atoms with van der Waals surface area (Å²) in [6.45, 7) is 7.35. The predicted octanol–water partition coefficient (Wildman–Crippen LogP) is 2.50. The summed E-state index contributed by atoms with van der Waals surface area (Å²) in [6, 6.07) is 5.88. The zero-order valence-electron chi connectivity index (χ0n) is 15.7. The average molecular weight is 351 g/mol. The van der Waals surface area contributed by atoms with Gasteiger partial charge in [-0.1, -0.05) is 12.1 Å². The number of benzene rings is 1. The molecule has 0 aliphatic carbocycles. The van der Waals surface area contributed by atoms with Gasteiger partial charge in [0.1, 0.15) is 5.75 Å². The Hall–Kier alpha value is -2.08. The number of ether oxygens (including phenoxy) is 3. The van der Waals surface area contributed by atoms with Crippen molar-refractivity contribution in [2.24, 2.45) is 0 Å². The number of hydrogen-bond donors (Lipinski definition) is 0. The second-order valence-corrected chi connectivity index (χ2v) is 5.84. The number of carbonyl (C=O) groups excluding carboxylic acids is 2. The molecule has 25 heavy (non-hydrogen) atoms. The second-order valence-electron chi connectivity index (χ2n) is 5.84. The molecule has 0 saturated carbocycles. The van der Waals surface area contributed by atoms with Crippen molar-refractivity contribution in [2.45, 2.75) is 33.6 Å². The van der Waals surface area contributed by atoms with Crippen molar-refractivity contribution < 1.29 is 23.8 Å². The Morgan fingerprint density at radius 1 is 1.16 bits per heavy atom. The maximum absolute atomic E-state index is 12.5. The zero-order valence-corrected chi connectivity index (χ0v) is 15.7. The molecule has 0 aliphatic heterocycles. The molecule has 0 saturated heterocycles. The molecule has 140 valence electrons. The third kappa shape index (κ3) is 8.03. The first-order chi connectivity index (χ1) is 12.0. The number of nitrogens with zero attached hydrogens (tertiary/aromatic N) is 1. The van der Waals surface area contributed by atoms with E-state index < -0.39 is 0 Å². The second kappa shape index (κ2) is 11.5. The number of aryl methyl sites for hydroxylation is 2. The largest absolute Gasteiger partial charge is 0.483 e. The first-order valence-electron chi connectivity index (χ1n) is 8.60.